The first-order valence-electron chi connectivity index (χ1n) is 3.16. The first-order valence-corrected chi connectivity index (χ1v) is 4.10. The van der Waals surface area contributed by atoms with E-state index in [0.717, 1.165) is 6.61 Å². The second-order valence-corrected chi connectivity index (χ2v) is 3.36. The number of rotatable bonds is 0. The fourth-order valence-electron chi connectivity index (χ4n) is 1.13. The Hall–Kier alpha value is 0.0500. The third-order valence-corrected chi connectivity index (χ3v) is 2.75. The molecule has 2 aliphatic heterocycles. The number of fused-ring (bicyclic) bond motifs is 1. The van der Waals surface area contributed by atoms with Gasteiger partial charge in [-0.25, -0.2) is 0 Å². The molecule has 2 aliphatic rings. The van der Waals surface area contributed by atoms with Crippen LogP contribution in [0.4, 0.5) is 0 Å². The molecular formula is C7H8OS. The number of thioether (sulfide) groups is 1. The van der Waals surface area contributed by atoms with Gasteiger partial charge in [-0.15, -0.1) is 11.8 Å². The van der Waals surface area contributed by atoms with Gasteiger partial charge >= 0.3 is 0 Å². The molecule has 0 amide bonds. The van der Waals surface area contributed by atoms with E-state index in [1.165, 1.54) is 6.42 Å². The lowest BCUT2D eigenvalue weighted by Gasteiger charge is -2.21. The van der Waals surface area contributed by atoms with Crippen LogP contribution in [0, 0.1) is 12.5 Å². The van der Waals surface area contributed by atoms with Crippen molar-refractivity contribution in [1.29, 1.82) is 0 Å². The molecule has 48 valence electrons. The third kappa shape index (κ3) is 1.01. The SMILES string of the molecule is [C]1OCCC2C=CSC12. The molecular weight excluding hydrogens is 132 g/mol. The summed E-state index contributed by atoms with van der Waals surface area (Å²) in [5.74, 6) is 0.712. The zero-order chi connectivity index (χ0) is 6.10. The van der Waals surface area contributed by atoms with E-state index in [1.54, 1.807) is 0 Å². The van der Waals surface area contributed by atoms with Crippen LogP contribution in [0.2, 0.25) is 0 Å². The van der Waals surface area contributed by atoms with Gasteiger partial charge in [0, 0.05) is 6.61 Å². The molecule has 0 N–H and O–H groups in total. The maximum absolute atomic E-state index is 5.07. The Morgan fingerprint density at radius 2 is 2.67 bits per heavy atom. The predicted molar refractivity (Wildman–Crippen MR) is 37.8 cm³/mol. The molecule has 2 radical (unpaired) electrons. The normalized spacial score (nSPS) is 40.9. The monoisotopic (exact) mass is 140 g/mol. The number of ether oxygens (including phenoxy) is 1. The van der Waals surface area contributed by atoms with E-state index in [9.17, 15) is 0 Å². The molecule has 2 heteroatoms. The molecule has 2 heterocycles. The molecule has 0 saturated carbocycles. The lowest BCUT2D eigenvalue weighted by Crippen LogP contribution is -2.21. The molecule has 2 atom stereocenters. The van der Waals surface area contributed by atoms with E-state index < -0.39 is 0 Å². The maximum atomic E-state index is 5.07. The van der Waals surface area contributed by atoms with Gasteiger partial charge in [-0.05, 0) is 17.7 Å². The van der Waals surface area contributed by atoms with E-state index in [1.807, 2.05) is 11.8 Å². The summed E-state index contributed by atoms with van der Waals surface area (Å²) in [6.07, 6.45) is 3.42. The lowest BCUT2D eigenvalue weighted by molar-refractivity contribution is 0.142. The summed E-state index contributed by atoms with van der Waals surface area (Å²) in [5.41, 5.74) is 0. The number of hydrogen-bond acceptors (Lipinski definition) is 2. The Morgan fingerprint density at radius 3 is 3.56 bits per heavy atom. The molecule has 0 aliphatic carbocycles. The van der Waals surface area contributed by atoms with E-state index in [-0.39, 0.29) is 0 Å². The minimum atomic E-state index is 0.499. The zero-order valence-electron chi connectivity index (χ0n) is 5.04. The van der Waals surface area contributed by atoms with Crippen LogP contribution in [-0.2, 0) is 4.74 Å². The highest BCUT2D eigenvalue weighted by Crippen LogP contribution is 2.36. The van der Waals surface area contributed by atoms with Gasteiger partial charge in [0.15, 0.2) is 0 Å². The van der Waals surface area contributed by atoms with Crippen LogP contribution in [0.5, 0.6) is 0 Å². The lowest BCUT2D eigenvalue weighted by atomic mass is 10.0. The van der Waals surface area contributed by atoms with Crippen molar-refractivity contribution in [2.24, 2.45) is 5.92 Å². The van der Waals surface area contributed by atoms with Crippen molar-refractivity contribution < 1.29 is 4.74 Å². The fraction of sp³-hybridized carbons (Fsp3) is 0.571. The van der Waals surface area contributed by atoms with Gasteiger partial charge in [0.1, 0.15) is 6.61 Å². The van der Waals surface area contributed by atoms with Crippen LogP contribution in [0.15, 0.2) is 11.5 Å². The summed E-state index contributed by atoms with van der Waals surface area (Å²) in [5, 5.41) is 2.65. The van der Waals surface area contributed by atoms with Crippen molar-refractivity contribution in [1.82, 2.24) is 0 Å². The summed E-state index contributed by atoms with van der Waals surface area (Å²) < 4.78 is 5.07. The highest BCUT2D eigenvalue weighted by atomic mass is 32.2. The minimum absolute atomic E-state index is 0.499. The molecule has 9 heavy (non-hydrogen) atoms. The molecule has 0 aromatic heterocycles. The van der Waals surface area contributed by atoms with Gasteiger partial charge in [-0.2, -0.15) is 0 Å². The summed E-state index contributed by atoms with van der Waals surface area (Å²) in [7, 11) is 0. The average molecular weight is 140 g/mol. The molecule has 2 rings (SSSR count). The Balaban J connectivity index is 2.03. The van der Waals surface area contributed by atoms with Gasteiger partial charge in [-0.3, -0.25) is 0 Å². The second-order valence-electron chi connectivity index (χ2n) is 2.30. The zero-order valence-corrected chi connectivity index (χ0v) is 5.86. The van der Waals surface area contributed by atoms with Crippen LogP contribution >= 0.6 is 11.8 Å². The molecule has 0 bridgehead atoms. The molecule has 0 spiro atoms. The summed E-state index contributed by atoms with van der Waals surface area (Å²) >= 11 is 1.81. The van der Waals surface area contributed by atoms with Crippen LogP contribution in [0.1, 0.15) is 6.42 Å². The second kappa shape index (κ2) is 2.35. The Bertz CT molecular complexity index is 133. The Morgan fingerprint density at radius 1 is 1.67 bits per heavy atom. The van der Waals surface area contributed by atoms with Crippen LogP contribution in [-0.4, -0.2) is 11.9 Å². The molecule has 0 aromatic carbocycles. The smallest absolute Gasteiger partial charge is 0.147 e. The standard InChI is InChI=1S/C7H8OS/c1-3-8-5-7-6(1)2-4-9-7/h2,4,6-7H,1,3H2. The molecule has 2 unspecified atom stereocenters. The minimum Gasteiger partial charge on any atom is -0.367 e. The summed E-state index contributed by atoms with van der Waals surface area (Å²) in [6, 6.07) is 0. The summed E-state index contributed by atoms with van der Waals surface area (Å²) in [4.78, 5) is 0. The van der Waals surface area contributed by atoms with Gasteiger partial charge in [0.05, 0.1) is 5.25 Å². The van der Waals surface area contributed by atoms with E-state index in [4.69, 9.17) is 4.74 Å². The van der Waals surface area contributed by atoms with E-state index in [2.05, 4.69) is 18.1 Å². The fourth-order valence-corrected chi connectivity index (χ4v) is 2.15. The van der Waals surface area contributed by atoms with Crippen molar-refractivity contribution in [3.8, 4) is 0 Å². The highest BCUT2D eigenvalue weighted by Gasteiger charge is 2.27. The topological polar surface area (TPSA) is 9.23 Å². The van der Waals surface area contributed by atoms with Gasteiger partial charge in [-0.1, -0.05) is 6.08 Å². The maximum Gasteiger partial charge on any atom is 0.147 e. The number of allylic oxidation sites excluding steroid dienone is 1. The first-order chi connectivity index (χ1) is 4.47. The van der Waals surface area contributed by atoms with Crippen LogP contribution < -0.4 is 0 Å². The van der Waals surface area contributed by atoms with Crippen molar-refractivity contribution in [2.75, 3.05) is 6.61 Å². The average Bonchev–Trinajstić information content (AvgIpc) is 2.33. The molecule has 1 fully saturated rings. The van der Waals surface area contributed by atoms with Crippen molar-refractivity contribution >= 4 is 11.8 Å². The van der Waals surface area contributed by atoms with E-state index >= 15 is 0 Å². The summed E-state index contributed by atoms with van der Waals surface area (Å²) in [6.45, 7) is 3.83. The Kier molecular flexibility index (Phi) is 1.52. The largest absolute Gasteiger partial charge is 0.367 e. The Labute approximate surface area is 59.5 Å². The predicted octanol–water partition coefficient (Wildman–Crippen LogP) is 1.69. The van der Waals surface area contributed by atoms with Crippen LogP contribution in [0.3, 0.4) is 0 Å². The molecule has 0 aromatic rings. The van der Waals surface area contributed by atoms with Gasteiger partial charge in [0.2, 0.25) is 0 Å². The van der Waals surface area contributed by atoms with Gasteiger partial charge in [0.25, 0.3) is 0 Å². The third-order valence-electron chi connectivity index (χ3n) is 1.69. The highest BCUT2D eigenvalue weighted by molar-refractivity contribution is 8.03. The first kappa shape index (κ1) is 5.81. The van der Waals surface area contributed by atoms with Crippen LogP contribution in [0.25, 0.3) is 0 Å². The van der Waals surface area contributed by atoms with E-state index in [0.29, 0.717) is 11.2 Å². The molecule has 1 nitrogen and oxygen atoms in total. The van der Waals surface area contributed by atoms with Crippen molar-refractivity contribution in [2.45, 2.75) is 11.7 Å². The van der Waals surface area contributed by atoms with Crippen molar-refractivity contribution in [3.05, 3.63) is 18.1 Å². The van der Waals surface area contributed by atoms with Crippen molar-refractivity contribution in [3.63, 3.8) is 0 Å². The quantitative estimate of drug-likeness (QED) is 0.506. The van der Waals surface area contributed by atoms with Gasteiger partial charge < -0.3 is 4.74 Å². The molecule has 1 saturated heterocycles. The number of hydrogen-bond donors (Lipinski definition) is 0.